The molecule has 3 N–H and O–H groups in total. The zero-order chi connectivity index (χ0) is 13.0. The van der Waals surface area contributed by atoms with Crippen LogP contribution in [0.15, 0.2) is 53.5 Å². The van der Waals surface area contributed by atoms with Gasteiger partial charge in [0.05, 0.1) is 0 Å². The minimum atomic E-state index is 0.252. The van der Waals surface area contributed by atoms with Crippen LogP contribution in [0.2, 0.25) is 0 Å². The van der Waals surface area contributed by atoms with E-state index in [1.165, 1.54) is 10.8 Å². The van der Waals surface area contributed by atoms with Gasteiger partial charge in [0.25, 0.3) is 0 Å². The summed E-state index contributed by atoms with van der Waals surface area (Å²) >= 11 is 0. The molecular formula is C16H11N3. The van der Waals surface area contributed by atoms with Crippen LogP contribution >= 0.6 is 0 Å². The van der Waals surface area contributed by atoms with Gasteiger partial charge in [0.1, 0.15) is 5.84 Å². The molecule has 3 heteroatoms. The molecule has 0 aliphatic carbocycles. The number of hydrogen-bond donors (Lipinski definition) is 2. The van der Waals surface area contributed by atoms with E-state index in [-0.39, 0.29) is 5.84 Å². The number of rotatable bonds is 0. The topological polar surface area (TPSA) is 62.2 Å². The molecule has 0 amide bonds. The summed E-state index contributed by atoms with van der Waals surface area (Å²) in [5.41, 5.74) is 7.54. The lowest BCUT2D eigenvalue weighted by atomic mass is 9.98. The van der Waals surface area contributed by atoms with Crippen molar-refractivity contribution in [1.29, 1.82) is 5.41 Å². The molecule has 0 bridgehead atoms. The van der Waals surface area contributed by atoms with Crippen molar-refractivity contribution in [2.75, 3.05) is 0 Å². The minimum Gasteiger partial charge on any atom is -0.383 e. The fourth-order valence-electron chi connectivity index (χ4n) is 2.64. The molecule has 0 saturated carbocycles. The SMILES string of the molecule is N=C1N=C(N)c2cc3cc4ccccc4cc3cc21. The van der Waals surface area contributed by atoms with Crippen LogP contribution in [0.5, 0.6) is 0 Å². The number of nitrogens with one attached hydrogen (secondary N) is 1. The minimum absolute atomic E-state index is 0.252. The summed E-state index contributed by atoms with van der Waals surface area (Å²) in [5.74, 6) is 0.692. The number of aliphatic imine (C=N–C) groups is 1. The molecule has 1 aliphatic rings. The predicted molar refractivity (Wildman–Crippen MR) is 79.0 cm³/mol. The van der Waals surface area contributed by atoms with Gasteiger partial charge in [-0.1, -0.05) is 24.3 Å². The highest BCUT2D eigenvalue weighted by Crippen LogP contribution is 2.28. The van der Waals surface area contributed by atoms with E-state index in [4.69, 9.17) is 11.1 Å². The standard InChI is InChI=1S/C16H11N3/c17-15-13-7-11-5-9-3-1-2-4-10(9)6-12(11)8-14(13)16(18)19-15/h1-8H,(H3,17,18,19). The van der Waals surface area contributed by atoms with E-state index in [1.54, 1.807) is 0 Å². The average molecular weight is 245 g/mol. The number of fused-ring (bicyclic) bond motifs is 3. The maximum Gasteiger partial charge on any atom is 0.154 e. The Hall–Kier alpha value is -2.68. The van der Waals surface area contributed by atoms with Crippen molar-refractivity contribution in [3.8, 4) is 0 Å². The van der Waals surface area contributed by atoms with E-state index in [0.29, 0.717) is 5.84 Å². The van der Waals surface area contributed by atoms with Gasteiger partial charge in [-0.25, -0.2) is 4.99 Å². The predicted octanol–water partition coefficient (Wildman–Crippen LogP) is 3.04. The van der Waals surface area contributed by atoms with E-state index in [1.807, 2.05) is 24.3 Å². The highest BCUT2D eigenvalue weighted by Gasteiger charge is 2.18. The maximum absolute atomic E-state index is 7.83. The first-order valence-electron chi connectivity index (χ1n) is 6.12. The highest BCUT2D eigenvalue weighted by molar-refractivity contribution is 6.23. The van der Waals surface area contributed by atoms with Crippen LogP contribution in [-0.2, 0) is 0 Å². The monoisotopic (exact) mass is 245 g/mol. The lowest BCUT2D eigenvalue weighted by molar-refractivity contribution is 1.45. The van der Waals surface area contributed by atoms with Crippen molar-refractivity contribution in [2.45, 2.75) is 0 Å². The van der Waals surface area contributed by atoms with Gasteiger partial charge in [0, 0.05) is 11.1 Å². The van der Waals surface area contributed by atoms with E-state index >= 15 is 0 Å². The third-order valence-corrected chi connectivity index (χ3v) is 3.60. The molecule has 1 aliphatic heterocycles. The molecule has 0 unspecified atom stereocenters. The van der Waals surface area contributed by atoms with Crippen LogP contribution < -0.4 is 5.73 Å². The van der Waals surface area contributed by atoms with E-state index in [9.17, 15) is 0 Å². The lowest BCUT2D eigenvalue weighted by Crippen LogP contribution is -2.10. The van der Waals surface area contributed by atoms with E-state index in [0.717, 1.165) is 21.9 Å². The Bertz CT molecular complexity index is 891. The third kappa shape index (κ3) is 1.38. The summed E-state index contributed by atoms with van der Waals surface area (Å²) in [7, 11) is 0. The molecule has 0 spiro atoms. The first-order valence-corrected chi connectivity index (χ1v) is 6.12. The van der Waals surface area contributed by atoms with Crippen molar-refractivity contribution in [2.24, 2.45) is 10.7 Å². The fourth-order valence-corrected chi connectivity index (χ4v) is 2.64. The first-order chi connectivity index (χ1) is 9.22. The molecule has 0 atom stereocenters. The van der Waals surface area contributed by atoms with Crippen LogP contribution in [0.1, 0.15) is 11.1 Å². The van der Waals surface area contributed by atoms with Gasteiger partial charge in [-0.2, -0.15) is 0 Å². The molecule has 19 heavy (non-hydrogen) atoms. The maximum atomic E-state index is 7.83. The molecule has 3 aromatic rings. The molecule has 3 nitrogen and oxygen atoms in total. The van der Waals surface area contributed by atoms with Crippen molar-refractivity contribution in [3.05, 3.63) is 59.7 Å². The van der Waals surface area contributed by atoms with Gasteiger partial charge >= 0.3 is 0 Å². The number of nitrogens with two attached hydrogens (primary N) is 1. The van der Waals surface area contributed by atoms with E-state index < -0.39 is 0 Å². The number of amidine groups is 2. The Labute approximate surface area is 109 Å². The quantitative estimate of drug-likeness (QED) is 0.587. The smallest absolute Gasteiger partial charge is 0.154 e. The Balaban J connectivity index is 2.12. The summed E-state index contributed by atoms with van der Waals surface area (Å²) < 4.78 is 0. The summed E-state index contributed by atoms with van der Waals surface area (Å²) in [4.78, 5) is 4.03. The molecule has 1 heterocycles. The molecular weight excluding hydrogens is 234 g/mol. The largest absolute Gasteiger partial charge is 0.383 e. The summed E-state index contributed by atoms with van der Waals surface area (Å²) in [6.45, 7) is 0. The second-order valence-corrected chi connectivity index (χ2v) is 4.79. The Morgan fingerprint density at radius 1 is 0.789 bits per heavy atom. The lowest BCUT2D eigenvalue weighted by Gasteiger charge is -2.06. The van der Waals surface area contributed by atoms with Crippen LogP contribution in [0, 0.1) is 5.41 Å². The molecule has 90 valence electrons. The highest BCUT2D eigenvalue weighted by atomic mass is 14.9. The van der Waals surface area contributed by atoms with Crippen LogP contribution in [0.25, 0.3) is 21.5 Å². The van der Waals surface area contributed by atoms with Gasteiger partial charge in [0.2, 0.25) is 0 Å². The molecule has 3 aromatic carbocycles. The van der Waals surface area contributed by atoms with Crippen molar-refractivity contribution in [1.82, 2.24) is 0 Å². The van der Waals surface area contributed by atoms with Crippen molar-refractivity contribution >= 4 is 33.2 Å². The van der Waals surface area contributed by atoms with Crippen LogP contribution in [-0.4, -0.2) is 11.7 Å². The van der Waals surface area contributed by atoms with Gasteiger partial charge in [-0.3, -0.25) is 5.41 Å². The van der Waals surface area contributed by atoms with Crippen LogP contribution in [0.4, 0.5) is 0 Å². The first kappa shape index (κ1) is 10.3. The van der Waals surface area contributed by atoms with Gasteiger partial charge < -0.3 is 5.73 Å². The zero-order valence-electron chi connectivity index (χ0n) is 10.1. The summed E-state index contributed by atoms with van der Waals surface area (Å²) in [6.07, 6.45) is 0. The molecule has 0 fully saturated rings. The second-order valence-electron chi connectivity index (χ2n) is 4.79. The van der Waals surface area contributed by atoms with Crippen molar-refractivity contribution in [3.63, 3.8) is 0 Å². The normalized spacial score (nSPS) is 13.9. The zero-order valence-corrected chi connectivity index (χ0v) is 10.1. The number of hydrogen-bond acceptors (Lipinski definition) is 2. The molecule has 0 radical (unpaired) electrons. The van der Waals surface area contributed by atoms with Gasteiger partial charge in [-0.15, -0.1) is 0 Å². The number of nitrogens with zero attached hydrogens (tertiary/aromatic N) is 1. The van der Waals surface area contributed by atoms with Gasteiger partial charge in [0.15, 0.2) is 5.84 Å². The fraction of sp³-hybridized carbons (Fsp3) is 0. The Kier molecular flexibility index (Phi) is 1.85. The molecule has 0 aromatic heterocycles. The number of benzene rings is 3. The summed E-state index contributed by atoms with van der Waals surface area (Å²) in [5, 5.41) is 12.5. The van der Waals surface area contributed by atoms with Gasteiger partial charge in [-0.05, 0) is 45.8 Å². The van der Waals surface area contributed by atoms with E-state index in [2.05, 4.69) is 29.3 Å². The summed E-state index contributed by atoms with van der Waals surface area (Å²) in [6, 6.07) is 16.6. The Morgan fingerprint density at radius 3 is 2.00 bits per heavy atom. The molecule has 4 rings (SSSR count). The third-order valence-electron chi connectivity index (χ3n) is 3.60. The molecule has 0 saturated heterocycles. The second kappa shape index (κ2) is 3.42. The van der Waals surface area contributed by atoms with Crippen LogP contribution in [0.3, 0.4) is 0 Å². The average Bonchev–Trinajstić information content (AvgIpc) is 2.69. The Morgan fingerprint density at radius 2 is 1.37 bits per heavy atom. The van der Waals surface area contributed by atoms with Crippen molar-refractivity contribution < 1.29 is 0 Å².